The second-order valence-electron chi connectivity index (χ2n) is 5.76. The van der Waals surface area contributed by atoms with Crippen LogP contribution in [-0.2, 0) is 7.05 Å². The highest BCUT2D eigenvalue weighted by Crippen LogP contribution is 2.27. The van der Waals surface area contributed by atoms with Crippen LogP contribution in [0.5, 0.6) is 5.75 Å². The van der Waals surface area contributed by atoms with Crippen molar-refractivity contribution < 1.29 is 14.3 Å². The Morgan fingerprint density at radius 2 is 1.77 bits per heavy atom. The van der Waals surface area contributed by atoms with E-state index in [-0.39, 0.29) is 11.5 Å². The molecule has 2 amide bonds. The van der Waals surface area contributed by atoms with Crippen molar-refractivity contribution in [2.45, 2.75) is 0 Å². The molecule has 3 rings (SSSR count). The third-order valence-corrected chi connectivity index (χ3v) is 4.16. The SMILES string of the molecule is COc1ccc(C(N)=O)cc1NC(=O)c1ccc(-c2ccccc2)n1C. The lowest BCUT2D eigenvalue weighted by Crippen LogP contribution is -2.17. The number of methoxy groups -OCH3 is 1. The maximum absolute atomic E-state index is 12.7. The van der Waals surface area contributed by atoms with Crippen LogP contribution in [0.2, 0.25) is 0 Å². The Morgan fingerprint density at radius 1 is 1.04 bits per heavy atom. The first-order valence-corrected chi connectivity index (χ1v) is 8.01. The number of nitrogens with zero attached hydrogens (tertiary/aromatic N) is 1. The molecule has 0 radical (unpaired) electrons. The maximum Gasteiger partial charge on any atom is 0.272 e. The minimum atomic E-state index is -0.576. The molecule has 1 heterocycles. The van der Waals surface area contributed by atoms with Gasteiger partial charge in [-0.25, -0.2) is 0 Å². The average Bonchev–Trinajstić information content (AvgIpc) is 3.03. The second kappa shape index (κ2) is 7.14. The summed E-state index contributed by atoms with van der Waals surface area (Å²) in [5.74, 6) is -0.441. The van der Waals surface area contributed by atoms with Crippen LogP contribution < -0.4 is 15.8 Å². The summed E-state index contributed by atoms with van der Waals surface area (Å²) in [5.41, 5.74) is 8.41. The molecule has 6 heteroatoms. The van der Waals surface area contributed by atoms with Gasteiger partial charge >= 0.3 is 0 Å². The lowest BCUT2D eigenvalue weighted by atomic mass is 10.1. The van der Waals surface area contributed by atoms with E-state index in [1.807, 2.05) is 48.0 Å². The van der Waals surface area contributed by atoms with E-state index < -0.39 is 5.91 Å². The number of carbonyl (C=O) groups excluding carboxylic acids is 2. The molecule has 0 atom stereocenters. The van der Waals surface area contributed by atoms with Crippen molar-refractivity contribution in [2.24, 2.45) is 12.8 Å². The average molecular weight is 349 g/mol. The van der Waals surface area contributed by atoms with Gasteiger partial charge in [0.1, 0.15) is 11.4 Å². The number of ether oxygens (including phenoxy) is 1. The second-order valence-corrected chi connectivity index (χ2v) is 5.76. The Kier molecular flexibility index (Phi) is 4.75. The Morgan fingerprint density at radius 3 is 2.42 bits per heavy atom. The summed E-state index contributed by atoms with van der Waals surface area (Å²) < 4.78 is 7.06. The molecule has 0 saturated carbocycles. The lowest BCUT2D eigenvalue weighted by Gasteiger charge is -2.12. The molecular formula is C20H19N3O3. The predicted octanol–water partition coefficient (Wildman–Crippen LogP) is 3.05. The molecule has 6 nitrogen and oxygen atoms in total. The van der Waals surface area contributed by atoms with Crippen LogP contribution >= 0.6 is 0 Å². The zero-order chi connectivity index (χ0) is 18.7. The van der Waals surface area contributed by atoms with Crippen LogP contribution in [0.1, 0.15) is 20.8 Å². The summed E-state index contributed by atoms with van der Waals surface area (Å²) in [6.07, 6.45) is 0. The van der Waals surface area contributed by atoms with Crippen molar-refractivity contribution in [3.05, 3.63) is 71.9 Å². The molecule has 0 spiro atoms. The number of anilines is 1. The fourth-order valence-corrected chi connectivity index (χ4v) is 2.78. The largest absolute Gasteiger partial charge is 0.495 e. The monoisotopic (exact) mass is 349 g/mol. The maximum atomic E-state index is 12.7. The molecule has 3 N–H and O–H groups in total. The highest BCUT2D eigenvalue weighted by molar-refractivity contribution is 6.05. The fourth-order valence-electron chi connectivity index (χ4n) is 2.78. The molecule has 0 aliphatic heterocycles. The molecule has 26 heavy (non-hydrogen) atoms. The number of aromatic nitrogens is 1. The molecule has 0 aliphatic rings. The zero-order valence-electron chi connectivity index (χ0n) is 14.5. The van der Waals surface area contributed by atoms with Crippen molar-refractivity contribution >= 4 is 17.5 Å². The van der Waals surface area contributed by atoms with Gasteiger partial charge in [-0.15, -0.1) is 0 Å². The molecule has 0 fully saturated rings. The Hall–Kier alpha value is -3.54. The number of rotatable bonds is 5. The predicted molar refractivity (Wildman–Crippen MR) is 100 cm³/mol. The summed E-state index contributed by atoms with van der Waals surface area (Å²) in [7, 11) is 3.32. The van der Waals surface area contributed by atoms with E-state index in [4.69, 9.17) is 10.5 Å². The number of amides is 2. The summed E-state index contributed by atoms with van der Waals surface area (Å²) in [6.45, 7) is 0. The normalized spacial score (nSPS) is 10.4. The van der Waals surface area contributed by atoms with E-state index in [1.54, 1.807) is 18.2 Å². The number of hydrogen-bond donors (Lipinski definition) is 2. The first-order valence-electron chi connectivity index (χ1n) is 8.01. The van der Waals surface area contributed by atoms with Gasteiger partial charge < -0.3 is 20.4 Å². The molecule has 0 aliphatic carbocycles. The van der Waals surface area contributed by atoms with Gasteiger partial charge in [0.2, 0.25) is 5.91 Å². The van der Waals surface area contributed by atoms with E-state index in [9.17, 15) is 9.59 Å². The smallest absolute Gasteiger partial charge is 0.272 e. The topological polar surface area (TPSA) is 86.3 Å². The standard InChI is InChI=1S/C20H19N3O3/c1-23-16(13-6-4-3-5-7-13)9-10-17(23)20(25)22-15-12-14(19(21)24)8-11-18(15)26-2/h3-12H,1-2H3,(H2,21,24)(H,22,25). The van der Waals surface area contributed by atoms with Crippen LogP contribution in [-0.4, -0.2) is 23.5 Å². The summed E-state index contributed by atoms with van der Waals surface area (Å²) in [6, 6.07) is 18.1. The van der Waals surface area contributed by atoms with Gasteiger partial charge in [-0.1, -0.05) is 30.3 Å². The third kappa shape index (κ3) is 3.30. The molecule has 0 bridgehead atoms. The number of nitrogens with one attached hydrogen (secondary N) is 1. The first kappa shape index (κ1) is 17.3. The number of nitrogens with two attached hydrogens (primary N) is 1. The lowest BCUT2D eigenvalue weighted by molar-refractivity contribution is 0.0994. The third-order valence-electron chi connectivity index (χ3n) is 4.16. The van der Waals surface area contributed by atoms with Gasteiger partial charge in [0.05, 0.1) is 12.8 Å². The van der Waals surface area contributed by atoms with Crippen molar-refractivity contribution in [2.75, 3.05) is 12.4 Å². The van der Waals surface area contributed by atoms with E-state index in [0.717, 1.165) is 11.3 Å². The Balaban J connectivity index is 1.91. The molecule has 2 aromatic carbocycles. The fraction of sp³-hybridized carbons (Fsp3) is 0.100. The van der Waals surface area contributed by atoms with E-state index >= 15 is 0 Å². The Labute approximate surface area is 151 Å². The van der Waals surface area contributed by atoms with Gasteiger partial charge in [0, 0.05) is 18.3 Å². The van der Waals surface area contributed by atoms with Gasteiger partial charge in [-0.2, -0.15) is 0 Å². The van der Waals surface area contributed by atoms with Crippen LogP contribution in [0, 0.1) is 0 Å². The summed E-state index contributed by atoms with van der Waals surface area (Å²) in [4.78, 5) is 24.1. The Bertz CT molecular complexity index is 962. The van der Waals surface area contributed by atoms with E-state index in [0.29, 0.717) is 17.1 Å². The summed E-state index contributed by atoms with van der Waals surface area (Å²) >= 11 is 0. The van der Waals surface area contributed by atoms with Crippen molar-refractivity contribution in [3.63, 3.8) is 0 Å². The van der Waals surface area contributed by atoms with Crippen molar-refractivity contribution in [3.8, 4) is 17.0 Å². The van der Waals surface area contributed by atoms with Gasteiger partial charge in [-0.3, -0.25) is 9.59 Å². The first-order chi connectivity index (χ1) is 12.5. The van der Waals surface area contributed by atoms with Crippen LogP contribution in [0.15, 0.2) is 60.7 Å². The van der Waals surface area contributed by atoms with Gasteiger partial charge in [0.15, 0.2) is 0 Å². The number of primary amides is 1. The molecule has 3 aromatic rings. The van der Waals surface area contributed by atoms with E-state index in [2.05, 4.69) is 5.32 Å². The molecule has 0 saturated heterocycles. The van der Waals surface area contributed by atoms with Crippen LogP contribution in [0.3, 0.4) is 0 Å². The summed E-state index contributed by atoms with van der Waals surface area (Å²) in [5, 5.41) is 2.79. The quantitative estimate of drug-likeness (QED) is 0.742. The van der Waals surface area contributed by atoms with Crippen LogP contribution in [0.4, 0.5) is 5.69 Å². The number of benzene rings is 2. The van der Waals surface area contributed by atoms with Crippen molar-refractivity contribution in [1.82, 2.24) is 4.57 Å². The molecular weight excluding hydrogens is 330 g/mol. The van der Waals surface area contributed by atoms with Gasteiger partial charge in [0.25, 0.3) is 5.91 Å². The molecule has 1 aromatic heterocycles. The van der Waals surface area contributed by atoms with E-state index in [1.165, 1.54) is 13.2 Å². The molecule has 0 unspecified atom stereocenters. The number of hydrogen-bond acceptors (Lipinski definition) is 3. The molecule has 132 valence electrons. The minimum absolute atomic E-state index is 0.290. The van der Waals surface area contributed by atoms with Gasteiger partial charge in [-0.05, 0) is 35.9 Å². The number of carbonyl (C=O) groups is 2. The zero-order valence-corrected chi connectivity index (χ0v) is 14.5. The minimum Gasteiger partial charge on any atom is -0.495 e. The highest BCUT2D eigenvalue weighted by Gasteiger charge is 2.16. The van der Waals surface area contributed by atoms with Crippen molar-refractivity contribution in [1.29, 1.82) is 0 Å². The van der Waals surface area contributed by atoms with Crippen LogP contribution in [0.25, 0.3) is 11.3 Å². The highest BCUT2D eigenvalue weighted by atomic mass is 16.5.